The highest BCUT2D eigenvalue weighted by atomic mass is 35.5. The van der Waals surface area contributed by atoms with Crippen molar-refractivity contribution < 1.29 is 9.13 Å². The van der Waals surface area contributed by atoms with Crippen LogP contribution in [0.15, 0.2) is 12.1 Å². The Hall–Kier alpha value is -0.640. The van der Waals surface area contributed by atoms with E-state index in [-0.39, 0.29) is 11.9 Å². The first-order valence-electron chi connectivity index (χ1n) is 4.97. The second-order valence-electron chi connectivity index (χ2n) is 3.63. The number of nitrogens with one attached hydrogen (secondary N) is 1. The molecule has 0 spiro atoms. The molecule has 1 aromatic rings. The number of halogens is 2. The molecule has 1 unspecified atom stereocenters. The summed E-state index contributed by atoms with van der Waals surface area (Å²) in [7, 11) is 0. The van der Waals surface area contributed by atoms with Crippen LogP contribution in [0.25, 0.3) is 0 Å². The van der Waals surface area contributed by atoms with Gasteiger partial charge in [-0.25, -0.2) is 4.39 Å². The monoisotopic (exact) mass is 229 g/mol. The molecule has 1 saturated heterocycles. The number of benzene rings is 1. The molecule has 0 aromatic heterocycles. The van der Waals surface area contributed by atoms with Gasteiger partial charge in [-0.3, -0.25) is 0 Å². The van der Waals surface area contributed by atoms with Gasteiger partial charge in [0.05, 0.1) is 12.7 Å². The molecule has 1 atom stereocenters. The Bertz CT molecular complexity index is 364. The summed E-state index contributed by atoms with van der Waals surface area (Å²) in [4.78, 5) is 0. The Morgan fingerprint density at radius 1 is 1.53 bits per heavy atom. The first kappa shape index (κ1) is 10.9. The van der Waals surface area contributed by atoms with E-state index in [4.69, 9.17) is 16.3 Å². The van der Waals surface area contributed by atoms with E-state index in [9.17, 15) is 4.39 Å². The summed E-state index contributed by atoms with van der Waals surface area (Å²) in [5.41, 5.74) is 1.35. The van der Waals surface area contributed by atoms with Crippen molar-refractivity contribution >= 4 is 11.6 Å². The molecule has 0 aliphatic carbocycles. The van der Waals surface area contributed by atoms with Crippen molar-refractivity contribution in [2.75, 3.05) is 19.7 Å². The second-order valence-corrected chi connectivity index (χ2v) is 4.04. The zero-order chi connectivity index (χ0) is 10.8. The van der Waals surface area contributed by atoms with Gasteiger partial charge >= 0.3 is 0 Å². The lowest BCUT2D eigenvalue weighted by molar-refractivity contribution is 0.0251. The number of hydrogen-bond donors (Lipinski definition) is 1. The molecule has 1 heterocycles. The zero-order valence-corrected chi connectivity index (χ0v) is 9.27. The maximum absolute atomic E-state index is 13.6. The van der Waals surface area contributed by atoms with Crippen LogP contribution in [-0.2, 0) is 4.74 Å². The minimum Gasteiger partial charge on any atom is -0.371 e. The molecule has 1 aliphatic heterocycles. The van der Waals surface area contributed by atoms with Gasteiger partial charge in [-0.15, -0.1) is 0 Å². The normalized spacial score (nSPS) is 21.7. The summed E-state index contributed by atoms with van der Waals surface area (Å²) in [5.74, 6) is -0.245. The molecule has 1 fully saturated rings. The predicted molar refractivity (Wildman–Crippen MR) is 57.7 cm³/mol. The van der Waals surface area contributed by atoms with E-state index in [1.165, 1.54) is 6.07 Å². The fourth-order valence-corrected chi connectivity index (χ4v) is 1.98. The van der Waals surface area contributed by atoms with E-state index in [2.05, 4.69) is 5.32 Å². The van der Waals surface area contributed by atoms with Gasteiger partial charge in [0.1, 0.15) is 5.82 Å². The molecule has 1 aliphatic rings. The molecule has 1 aromatic carbocycles. The first-order valence-corrected chi connectivity index (χ1v) is 5.35. The molecule has 0 saturated carbocycles. The SMILES string of the molecule is Cc1c(Cl)ccc(F)c1C1CNCCO1. The third-order valence-corrected chi connectivity index (χ3v) is 3.05. The lowest BCUT2D eigenvalue weighted by atomic mass is 10.0. The van der Waals surface area contributed by atoms with Crippen molar-refractivity contribution in [3.05, 3.63) is 34.1 Å². The largest absolute Gasteiger partial charge is 0.371 e. The minimum atomic E-state index is -0.245. The standard InChI is InChI=1S/C11H13ClFNO/c1-7-8(12)2-3-9(13)11(7)10-6-14-4-5-15-10/h2-3,10,14H,4-6H2,1H3. The van der Waals surface area contributed by atoms with Gasteiger partial charge in [0.25, 0.3) is 0 Å². The molecule has 1 N–H and O–H groups in total. The predicted octanol–water partition coefficient (Wildman–Crippen LogP) is 2.45. The van der Waals surface area contributed by atoms with Crippen LogP contribution < -0.4 is 5.32 Å². The average Bonchev–Trinajstić information content (AvgIpc) is 2.26. The number of hydrogen-bond acceptors (Lipinski definition) is 2. The zero-order valence-electron chi connectivity index (χ0n) is 8.52. The fourth-order valence-electron chi connectivity index (χ4n) is 1.81. The Labute approximate surface area is 93.4 Å². The molecule has 0 bridgehead atoms. The Balaban J connectivity index is 2.36. The molecule has 2 rings (SSSR count). The maximum atomic E-state index is 13.6. The molecule has 2 nitrogen and oxygen atoms in total. The van der Waals surface area contributed by atoms with Crippen LogP contribution in [0.2, 0.25) is 5.02 Å². The third kappa shape index (κ3) is 2.14. The van der Waals surface area contributed by atoms with Gasteiger partial charge in [0.2, 0.25) is 0 Å². The summed E-state index contributed by atoms with van der Waals surface area (Å²) >= 11 is 5.96. The van der Waals surface area contributed by atoms with E-state index in [1.54, 1.807) is 6.07 Å². The van der Waals surface area contributed by atoms with Gasteiger partial charge in [-0.2, -0.15) is 0 Å². The molecular weight excluding hydrogens is 217 g/mol. The quantitative estimate of drug-likeness (QED) is 0.799. The minimum absolute atomic E-state index is 0.225. The fraction of sp³-hybridized carbons (Fsp3) is 0.455. The van der Waals surface area contributed by atoms with Crippen LogP contribution >= 0.6 is 11.6 Å². The highest BCUT2D eigenvalue weighted by Gasteiger charge is 2.22. The van der Waals surface area contributed by atoms with Crippen LogP contribution in [0.1, 0.15) is 17.2 Å². The van der Waals surface area contributed by atoms with Crippen molar-refractivity contribution in [1.82, 2.24) is 5.32 Å². The summed E-state index contributed by atoms with van der Waals surface area (Å²) in [6.45, 7) is 3.88. The summed E-state index contributed by atoms with van der Waals surface area (Å²) in [6.07, 6.45) is -0.225. The van der Waals surface area contributed by atoms with Gasteiger partial charge in [-0.1, -0.05) is 11.6 Å². The van der Waals surface area contributed by atoms with Crippen molar-refractivity contribution in [3.63, 3.8) is 0 Å². The second kappa shape index (κ2) is 4.47. The molecule has 15 heavy (non-hydrogen) atoms. The van der Waals surface area contributed by atoms with Crippen molar-refractivity contribution in [2.24, 2.45) is 0 Å². The molecule has 0 amide bonds. The van der Waals surface area contributed by atoms with E-state index < -0.39 is 0 Å². The summed E-state index contributed by atoms with van der Waals surface area (Å²) in [6, 6.07) is 2.97. The van der Waals surface area contributed by atoms with E-state index >= 15 is 0 Å². The Morgan fingerprint density at radius 2 is 2.33 bits per heavy atom. The molecule has 0 radical (unpaired) electrons. The van der Waals surface area contributed by atoms with Crippen molar-refractivity contribution in [3.8, 4) is 0 Å². The van der Waals surface area contributed by atoms with Crippen LogP contribution in [0, 0.1) is 12.7 Å². The van der Waals surface area contributed by atoms with Gasteiger partial charge in [-0.05, 0) is 24.6 Å². The number of morpholine rings is 1. The van der Waals surface area contributed by atoms with E-state index in [0.717, 1.165) is 12.1 Å². The number of rotatable bonds is 1. The maximum Gasteiger partial charge on any atom is 0.129 e. The highest BCUT2D eigenvalue weighted by molar-refractivity contribution is 6.31. The van der Waals surface area contributed by atoms with Crippen molar-refractivity contribution in [1.29, 1.82) is 0 Å². The lowest BCUT2D eigenvalue weighted by Gasteiger charge is -2.25. The van der Waals surface area contributed by atoms with Crippen LogP contribution in [0.4, 0.5) is 4.39 Å². The molecule has 4 heteroatoms. The topological polar surface area (TPSA) is 21.3 Å². The summed E-state index contributed by atoms with van der Waals surface area (Å²) in [5, 5.41) is 3.76. The van der Waals surface area contributed by atoms with Gasteiger partial charge in [0, 0.05) is 23.7 Å². The third-order valence-electron chi connectivity index (χ3n) is 2.65. The smallest absolute Gasteiger partial charge is 0.129 e. The van der Waals surface area contributed by atoms with E-state index in [1.807, 2.05) is 6.92 Å². The van der Waals surface area contributed by atoms with Crippen LogP contribution in [-0.4, -0.2) is 19.7 Å². The number of ether oxygens (including phenoxy) is 1. The molecular formula is C11H13ClFNO. The summed E-state index contributed by atoms with van der Waals surface area (Å²) < 4.78 is 19.2. The van der Waals surface area contributed by atoms with Crippen LogP contribution in [0.5, 0.6) is 0 Å². The average molecular weight is 230 g/mol. The van der Waals surface area contributed by atoms with Gasteiger partial charge in [0.15, 0.2) is 0 Å². The Morgan fingerprint density at radius 3 is 3.00 bits per heavy atom. The molecule has 82 valence electrons. The van der Waals surface area contributed by atoms with Gasteiger partial charge < -0.3 is 10.1 Å². The highest BCUT2D eigenvalue weighted by Crippen LogP contribution is 2.29. The van der Waals surface area contributed by atoms with Crippen molar-refractivity contribution in [2.45, 2.75) is 13.0 Å². The van der Waals surface area contributed by atoms with E-state index in [0.29, 0.717) is 23.7 Å². The Kier molecular flexibility index (Phi) is 3.24. The first-order chi connectivity index (χ1) is 7.20. The lowest BCUT2D eigenvalue weighted by Crippen LogP contribution is -2.34. The van der Waals surface area contributed by atoms with Crippen LogP contribution in [0.3, 0.4) is 0 Å².